The van der Waals surface area contributed by atoms with Gasteiger partial charge in [0.15, 0.2) is 11.6 Å². The standard InChI is InChI=1S/C10H13N5O/c1-6-7(2)15(5-14-6)10-8(16-3)9(11)12-4-13-10/h4-5H,1-3H3,(H2,11,12,13). The van der Waals surface area contributed by atoms with Crippen LogP contribution in [0.4, 0.5) is 5.82 Å². The van der Waals surface area contributed by atoms with Gasteiger partial charge in [-0.15, -0.1) is 0 Å². The summed E-state index contributed by atoms with van der Waals surface area (Å²) in [6.07, 6.45) is 3.09. The minimum atomic E-state index is 0.318. The molecule has 2 heterocycles. The monoisotopic (exact) mass is 219 g/mol. The molecule has 0 radical (unpaired) electrons. The molecule has 2 aromatic rings. The minimum Gasteiger partial charge on any atom is -0.490 e. The maximum atomic E-state index is 5.72. The van der Waals surface area contributed by atoms with Crippen LogP contribution in [0.3, 0.4) is 0 Å². The third-order valence-corrected chi connectivity index (χ3v) is 2.50. The maximum absolute atomic E-state index is 5.72. The summed E-state index contributed by atoms with van der Waals surface area (Å²) in [5.41, 5.74) is 7.66. The van der Waals surface area contributed by atoms with Crippen LogP contribution in [0, 0.1) is 13.8 Å². The van der Waals surface area contributed by atoms with Crippen molar-refractivity contribution < 1.29 is 4.74 Å². The molecular formula is C10H13N5O. The van der Waals surface area contributed by atoms with E-state index in [1.165, 1.54) is 13.4 Å². The van der Waals surface area contributed by atoms with Crippen LogP contribution in [0.1, 0.15) is 11.4 Å². The number of aromatic nitrogens is 4. The van der Waals surface area contributed by atoms with Crippen molar-refractivity contribution >= 4 is 5.82 Å². The summed E-state index contributed by atoms with van der Waals surface area (Å²) in [6, 6.07) is 0. The highest BCUT2D eigenvalue weighted by Crippen LogP contribution is 2.26. The summed E-state index contributed by atoms with van der Waals surface area (Å²) >= 11 is 0. The highest BCUT2D eigenvalue weighted by Gasteiger charge is 2.14. The van der Waals surface area contributed by atoms with Gasteiger partial charge >= 0.3 is 0 Å². The lowest BCUT2D eigenvalue weighted by atomic mass is 10.3. The molecule has 0 aliphatic heterocycles. The van der Waals surface area contributed by atoms with E-state index in [9.17, 15) is 0 Å². The van der Waals surface area contributed by atoms with Crippen LogP contribution in [0.5, 0.6) is 5.75 Å². The Morgan fingerprint density at radius 3 is 2.56 bits per heavy atom. The van der Waals surface area contributed by atoms with Crippen molar-refractivity contribution in [3.8, 4) is 11.6 Å². The van der Waals surface area contributed by atoms with Gasteiger partial charge < -0.3 is 10.5 Å². The summed E-state index contributed by atoms with van der Waals surface area (Å²) in [5, 5.41) is 0. The van der Waals surface area contributed by atoms with Crippen molar-refractivity contribution in [2.45, 2.75) is 13.8 Å². The predicted octanol–water partition coefficient (Wildman–Crippen LogP) is 0.870. The molecule has 0 fully saturated rings. The summed E-state index contributed by atoms with van der Waals surface area (Å²) in [7, 11) is 1.54. The van der Waals surface area contributed by atoms with Gasteiger partial charge in [-0.25, -0.2) is 15.0 Å². The van der Waals surface area contributed by atoms with Gasteiger partial charge in [-0.05, 0) is 13.8 Å². The molecule has 0 aliphatic carbocycles. The predicted molar refractivity (Wildman–Crippen MR) is 59.6 cm³/mol. The van der Waals surface area contributed by atoms with Crippen molar-refractivity contribution in [1.29, 1.82) is 0 Å². The molecule has 0 saturated heterocycles. The fourth-order valence-electron chi connectivity index (χ4n) is 1.46. The SMILES string of the molecule is COc1c(N)ncnc1-n1cnc(C)c1C. The van der Waals surface area contributed by atoms with Gasteiger partial charge in [0.1, 0.15) is 12.7 Å². The van der Waals surface area contributed by atoms with E-state index in [1.54, 1.807) is 6.33 Å². The molecular weight excluding hydrogens is 206 g/mol. The molecule has 0 unspecified atom stereocenters. The lowest BCUT2D eigenvalue weighted by molar-refractivity contribution is 0.411. The fourth-order valence-corrected chi connectivity index (χ4v) is 1.46. The number of rotatable bonds is 2. The molecule has 0 amide bonds. The van der Waals surface area contributed by atoms with E-state index in [-0.39, 0.29) is 0 Å². The summed E-state index contributed by atoms with van der Waals surface area (Å²) in [4.78, 5) is 12.2. The molecule has 2 rings (SSSR count). The summed E-state index contributed by atoms with van der Waals surface area (Å²) in [5.74, 6) is 1.38. The number of anilines is 1. The topological polar surface area (TPSA) is 78.9 Å². The van der Waals surface area contributed by atoms with E-state index in [0.717, 1.165) is 11.4 Å². The first-order chi connectivity index (χ1) is 7.65. The van der Waals surface area contributed by atoms with Gasteiger partial charge in [0.25, 0.3) is 0 Å². The van der Waals surface area contributed by atoms with Crippen LogP contribution >= 0.6 is 0 Å². The largest absolute Gasteiger partial charge is 0.490 e. The zero-order valence-corrected chi connectivity index (χ0v) is 9.43. The number of ether oxygens (including phenoxy) is 1. The number of aryl methyl sites for hydroxylation is 1. The minimum absolute atomic E-state index is 0.318. The van der Waals surface area contributed by atoms with Crippen LogP contribution < -0.4 is 10.5 Å². The molecule has 0 aromatic carbocycles. The van der Waals surface area contributed by atoms with Crippen molar-refractivity contribution in [3.63, 3.8) is 0 Å². The molecule has 0 spiro atoms. The molecule has 84 valence electrons. The Morgan fingerprint density at radius 2 is 2.00 bits per heavy atom. The Balaban J connectivity index is 2.64. The van der Waals surface area contributed by atoms with Crippen LogP contribution in [-0.4, -0.2) is 26.6 Å². The quantitative estimate of drug-likeness (QED) is 0.810. The second-order valence-electron chi connectivity index (χ2n) is 3.40. The first-order valence-electron chi connectivity index (χ1n) is 4.80. The van der Waals surface area contributed by atoms with Gasteiger partial charge in [0, 0.05) is 5.69 Å². The van der Waals surface area contributed by atoms with Crippen molar-refractivity contribution in [2.24, 2.45) is 0 Å². The molecule has 2 aromatic heterocycles. The molecule has 0 aliphatic rings. The van der Waals surface area contributed by atoms with Crippen molar-refractivity contribution in [3.05, 3.63) is 24.0 Å². The first-order valence-corrected chi connectivity index (χ1v) is 4.80. The number of nitrogens with zero attached hydrogens (tertiary/aromatic N) is 4. The fraction of sp³-hybridized carbons (Fsp3) is 0.300. The molecule has 6 nitrogen and oxygen atoms in total. The normalized spacial score (nSPS) is 10.4. The van der Waals surface area contributed by atoms with Crippen molar-refractivity contribution in [1.82, 2.24) is 19.5 Å². The first kappa shape index (κ1) is 10.4. The van der Waals surface area contributed by atoms with Gasteiger partial charge in [-0.2, -0.15) is 0 Å². The highest BCUT2D eigenvalue weighted by atomic mass is 16.5. The van der Waals surface area contributed by atoms with E-state index in [4.69, 9.17) is 10.5 Å². The van der Waals surface area contributed by atoms with E-state index in [0.29, 0.717) is 17.4 Å². The molecule has 2 N–H and O–H groups in total. The van der Waals surface area contributed by atoms with Crippen LogP contribution in [0.25, 0.3) is 5.82 Å². The Bertz CT molecular complexity index is 520. The van der Waals surface area contributed by atoms with Crippen molar-refractivity contribution in [2.75, 3.05) is 12.8 Å². The second-order valence-corrected chi connectivity index (χ2v) is 3.40. The zero-order chi connectivity index (χ0) is 11.7. The Morgan fingerprint density at radius 1 is 1.25 bits per heavy atom. The number of hydrogen-bond donors (Lipinski definition) is 1. The van der Waals surface area contributed by atoms with Gasteiger partial charge in [0.05, 0.1) is 12.8 Å². The molecule has 0 saturated carbocycles. The average Bonchev–Trinajstić information content (AvgIpc) is 2.59. The average molecular weight is 219 g/mol. The molecule has 6 heteroatoms. The molecule has 0 atom stereocenters. The van der Waals surface area contributed by atoms with Gasteiger partial charge in [-0.1, -0.05) is 0 Å². The van der Waals surface area contributed by atoms with E-state index >= 15 is 0 Å². The third-order valence-electron chi connectivity index (χ3n) is 2.50. The van der Waals surface area contributed by atoms with Gasteiger partial charge in [0.2, 0.25) is 5.75 Å². The van der Waals surface area contributed by atoms with E-state index in [2.05, 4.69) is 15.0 Å². The maximum Gasteiger partial charge on any atom is 0.204 e. The Kier molecular flexibility index (Phi) is 2.47. The number of methoxy groups -OCH3 is 1. The van der Waals surface area contributed by atoms with Gasteiger partial charge in [-0.3, -0.25) is 4.57 Å². The lowest BCUT2D eigenvalue weighted by Gasteiger charge is -2.10. The van der Waals surface area contributed by atoms with Crippen LogP contribution in [0.15, 0.2) is 12.7 Å². The third kappa shape index (κ3) is 1.48. The Hall–Kier alpha value is -2.11. The van der Waals surface area contributed by atoms with Crippen LogP contribution in [0.2, 0.25) is 0 Å². The summed E-state index contributed by atoms with van der Waals surface area (Å²) in [6.45, 7) is 3.89. The number of nitrogens with two attached hydrogens (primary N) is 1. The smallest absolute Gasteiger partial charge is 0.204 e. The van der Waals surface area contributed by atoms with E-state index in [1.807, 2.05) is 18.4 Å². The molecule has 0 bridgehead atoms. The molecule has 16 heavy (non-hydrogen) atoms. The second kappa shape index (κ2) is 3.80. The number of imidazole rings is 1. The van der Waals surface area contributed by atoms with Crippen LogP contribution in [-0.2, 0) is 0 Å². The Labute approximate surface area is 93.1 Å². The lowest BCUT2D eigenvalue weighted by Crippen LogP contribution is -2.06. The highest BCUT2D eigenvalue weighted by molar-refractivity contribution is 5.55. The van der Waals surface area contributed by atoms with E-state index < -0.39 is 0 Å². The number of hydrogen-bond acceptors (Lipinski definition) is 5. The summed E-state index contributed by atoms with van der Waals surface area (Å²) < 4.78 is 7.02. The zero-order valence-electron chi connectivity index (χ0n) is 9.43. The number of nitrogen functional groups attached to an aromatic ring is 1.